The first-order chi connectivity index (χ1) is 8.50. The van der Waals surface area contributed by atoms with Gasteiger partial charge < -0.3 is 11.1 Å². The Balaban J connectivity index is 2.39. The van der Waals surface area contributed by atoms with Crippen LogP contribution in [0.25, 0.3) is 0 Å². The number of benzene rings is 1. The first-order valence-electron chi connectivity index (χ1n) is 6.34. The molecule has 0 amide bonds. The molecule has 1 aromatic rings. The topological polar surface area (TPSA) is 38.0 Å². The molecule has 0 heterocycles. The highest BCUT2D eigenvalue weighted by Gasteiger charge is 2.03. The molecule has 0 saturated carbocycles. The van der Waals surface area contributed by atoms with Crippen LogP contribution in [0.15, 0.2) is 18.2 Å². The van der Waals surface area contributed by atoms with Gasteiger partial charge in [-0.2, -0.15) is 0 Å². The Kier molecular flexibility index (Phi) is 6.44. The van der Waals surface area contributed by atoms with Crippen LogP contribution in [-0.2, 0) is 0 Å². The van der Waals surface area contributed by atoms with Crippen LogP contribution in [0.1, 0.15) is 38.7 Å². The van der Waals surface area contributed by atoms with Gasteiger partial charge >= 0.3 is 0 Å². The molecule has 100 valence electrons. The zero-order valence-electron chi connectivity index (χ0n) is 11.0. The van der Waals surface area contributed by atoms with Gasteiger partial charge in [0.2, 0.25) is 0 Å². The van der Waals surface area contributed by atoms with E-state index < -0.39 is 0 Å². The van der Waals surface area contributed by atoms with Crippen molar-refractivity contribution in [2.24, 2.45) is 11.7 Å². The fraction of sp³-hybridized carbons (Fsp3) is 0.500. The van der Waals surface area contributed by atoms with Crippen LogP contribution < -0.4 is 11.1 Å². The molecule has 0 bridgehead atoms. The minimum atomic E-state index is 0.337. The van der Waals surface area contributed by atoms with Crippen molar-refractivity contribution in [3.05, 3.63) is 28.8 Å². The van der Waals surface area contributed by atoms with Crippen molar-refractivity contribution in [3.8, 4) is 0 Å². The average molecular weight is 285 g/mol. The van der Waals surface area contributed by atoms with Crippen molar-refractivity contribution in [1.29, 1.82) is 0 Å². The van der Waals surface area contributed by atoms with Crippen molar-refractivity contribution in [1.82, 2.24) is 0 Å². The lowest BCUT2D eigenvalue weighted by molar-refractivity contribution is 0.545. The summed E-state index contributed by atoms with van der Waals surface area (Å²) >= 11 is 11.0. The summed E-state index contributed by atoms with van der Waals surface area (Å²) in [5.41, 5.74) is 7.31. The first kappa shape index (κ1) is 15.3. The fourth-order valence-electron chi connectivity index (χ4n) is 1.74. The van der Waals surface area contributed by atoms with E-state index in [0.717, 1.165) is 23.7 Å². The van der Waals surface area contributed by atoms with E-state index in [0.29, 0.717) is 10.0 Å². The largest absolute Gasteiger partial charge is 0.389 e. The number of halogens is 1. The lowest BCUT2D eigenvalue weighted by Crippen LogP contribution is -2.10. The third-order valence-electron chi connectivity index (χ3n) is 2.77. The van der Waals surface area contributed by atoms with E-state index >= 15 is 0 Å². The van der Waals surface area contributed by atoms with Gasteiger partial charge in [-0.05, 0) is 30.5 Å². The minimum absolute atomic E-state index is 0.337. The van der Waals surface area contributed by atoms with Gasteiger partial charge in [0.25, 0.3) is 0 Å². The van der Waals surface area contributed by atoms with Crippen molar-refractivity contribution < 1.29 is 0 Å². The zero-order valence-corrected chi connectivity index (χ0v) is 12.6. The van der Waals surface area contributed by atoms with Crippen LogP contribution in [0.4, 0.5) is 5.69 Å². The maximum absolute atomic E-state index is 6.10. The Hall–Kier alpha value is -0.800. The van der Waals surface area contributed by atoms with Crippen LogP contribution >= 0.6 is 23.8 Å². The molecular formula is C14H21ClN2S. The first-order valence-corrected chi connectivity index (χ1v) is 7.12. The SMILES string of the molecule is CC(C)CCCCNc1ccc(C(N)=S)c(Cl)c1. The highest BCUT2D eigenvalue weighted by Crippen LogP contribution is 2.21. The Bertz CT molecular complexity index is 405. The van der Waals surface area contributed by atoms with E-state index in [2.05, 4.69) is 19.2 Å². The Morgan fingerprint density at radius 1 is 1.39 bits per heavy atom. The van der Waals surface area contributed by atoms with Gasteiger partial charge in [0.15, 0.2) is 0 Å². The van der Waals surface area contributed by atoms with Crippen LogP contribution in [-0.4, -0.2) is 11.5 Å². The second kappa shape index (κ2) is 7.59. The molecule has 0 aromatic heterocycles. The number of nitrogens with two attached hydrogens (primary N) is 1. The molecule has 0 fully saturated rings. The predicted molar refractivity (Wildman–Crippen MR) is 84.5 cm³/mol. The smallest absolute Gasteiger partial charge is 0.105 e. The molecular weight excluding hydrogens is 264 g/mol. The predicted octanol–water partition coefficient (Wildman–Crippen LogP) is 4.21. The molecule has 0 unspecified atom stereocenters. The second-order valence-electron chi connectivity index (χ2n) is 4.88. The molecule has 2 nitrogen and oxygen atoms in total. The van der Waals surface area contributed by atoms with E-state index in [-0.39, 0.29) is 0 Å². The lowest BCUT2D eigenvalue weighted by atomic mass is 10.1. The Labute approximate surface area is 120 Å². The molecule has 4 heteroatoms. The van der Waals surface area contributed by atoms with Crippen LogP contribution in [0, 0.1) is 5.92 Å². The summed E-state index contributed by atoms with van der Waals surface area (Å²) in [6.07, 6.45) is 3.71. The summed E-state index contributed by atoms with van der Waals surface area (Å²) < 4.78 is 0. The standard InChI is InChI=1S/C14H21ClN2S/c1-10(2)5-3-4-8-17-11-6-7-12(14(16)18)13(15)9-11/h6-7,9-10,17H,3-5,8H2,1-2H3,(H2,16,18). The summed E-state index contributed by atoms with van der Waals surface area (Å²) in [6, 6.07) is 5.70. The van der Waals surface area contributed by atoms with E-state index in [1.165, 1.54) is 19.3 Å². The van der Waals surface area contributed by atoms with Crippen LogP contribution in [0.2, 0.25) is 5.02 Å². The summed E-state index contributed by atoms with van der Waals surface area (Å²) in [4.78, 5) is 0.337. The number of hydrogen-bond donors (Lipinski definition) is 2. The molecule has 3 N–H and O–H groups in total. The zero-order chi connectivity index (χ0) is 13.5. The molecule has 18 heavy (non-hydrogen) atoms. The van der Waals surface area contributed by atoms with Gasteiger partial charge in [0, 0.05) is 17.8 Å². The molecule has 0 spiro atoms. The molecule has 0 radical (unpaired) electrons. The van der Waals surface area contributed by atoms with Crippen molar-refractivity contribution >= 4 is 34.5 Å². The number of hydrogen-bond acceptors (Lipinski definition) is 2. The maximum atomic E-state index is 6.10. The van der Waals surface area contributed by atoms with Gasteiger partial charge in [0.05, 0.1) is 5.02 Å². The third kappa shape index (κ3) is 5.23. The molecule has 0 aliphatic carbocycles. The molecule has 1 aromatic carbocycles. The highest BCUT2D eigenvalue weighted by molar-refractivity contribution is 7.80. The van der Waals surface area contributed by atoms with E-state index in [1.54, 1.807) is 0 Å². The lowest BCUT2D eigenvalue weighted by Gasteiger charge is -2.09. The van der Waals surface area contributed by atoms with E-state index in [4.69, 9.17) is 29.6 Å². The molecule has 0 saturated heterocycles. The van der Waals surface area contributed by atoms with Gasteiger partial charge in [-0.3, -0.25) is 0 Å². The third-order valence-corrected chi connectivity index (χ3v) is 3.30. The monoisotopic (exact) mass is 284 g/mol. The number of unbranched alkanes of at least 4 members (excludes halogenated alkanes) is 1. The highest BCUT2D eigenvalue weighted by atomic mass is 35.5. The molecule has 0 atom stereocenters. The van der Waals surface area contributed by atoms with E-state index in [1.807, 2.05) is 18.2 Å². The summed E-state index contributed by atoms with van der Waals surface area (Å²) in [6.45, 7) is 5.47. The van der Waals surface area contributed by atoms with Gasteiger partial charge in [0.1, 0.15) is 4.99 Å². The van der Waals surface area contributed by atoms with Gasteiger partial charge in [-0.25, -0.2) is 0 Å². The van der Waals surface area contributed by atoms with E-state index in [9.17, 15) is 0 Å². The quantitative estimate of drug-likeness (QED) is 0.582. The molecule has 1 rings (SSSR count). The number of rotatable bonds is 7. The van der Waals surface area contributed by atoms with Crippen LogP contribution in [0.3, 0.4) is 0 Å². The van der Waals surface area contributed by atoms with Crippen molar-refractivity contribution in [3.63, 3.8) is 0 Å². The summed E-state index contributed by atoms with van der Waals surface area (Å²) in [7, 11) is 0. The Morgan fingerprint density at radius 2 is 2.11 bits per heavy atom. The Morgan fingerprint density at radius 3 is 2.67 bits per heavy atom. The fourth-order valence-corrected chi connectivity index (χ4v) is 2.25. The number of anilines is 1. The number of thiocarbonyl (C=S) groups is 1. The second-order valence-corrected chi connectivity index (χ2v) is 5.72. The summed E-state index contributed by atoms with van der Waals surface area (Å²) in [5, 5.41) is 3.96. The molecule has 0 aliphatic rings. The van der Waals surface area contributed by atoms with Crippen LogP contribution in [0.5, 0.6) is 0 Å². The maximum Gasteiger partial charge on any atom is 0.105 e. The molecule has 0 aliphatic heterocycles. The van der Waals surface area contributed by atoms with Gasteiger partial charge in [-0.15, -0.1) is 0 Å². The minimum Gasteiger partial charge on any atom is -0.389 e. The van der Waals surface area contributed by atoms with Gasteiger partial charge in [-0.1, -0.05) is 50.5 Å². The number of nitrogens with one attached hydrogen (secondary N) is 1. The average Bonchev–Trinajstić information content (AvgIpc) is 2.27. The van der Waals surface area contributed by atoms with Crippen molar-refractivity contribution in [2.45, 2.75) is 33.1 Å². The summed E-state index contributed by atoms with van der Waals surface area (Å²) in [5.74, 6) is 0.782. The normalized spacial score (nSPS) is 10.7. The van der Waals surface area contributed by atoms with Crippen molar-refractivity contribution in [2.75, 3.05) is 11.9 Å².